The SMILES string of the molecule is CCNC(=O)C(C)N(Cc1cccc(C)c1)C(=O)CN(c1ccc(OCC)cc1)S(C)(=O)=O. The first-order valence-corrected chi connectivity index (χ1v) is 12.7. The van der Waals surface area contributed by atoms with Gasteiger partial charge in [0.1, 0.15) is 18.3 Å². The number of aryl methyl sites for hydroxylation is 1. The highest BCUT2D eigenvalue weighted by molar-refractivity contribution is 7.92. The second-order valence-corrected chi connectivity index (χ2v) is 9.68. The van der Waals surface area contributed by atoms with Gasteiger partial charge in [-0.3, -0.25) is 13.9 Å². The van der Waals surface area contributed by atoms with Crippen LogP contribution >= 0.6 is 0 Å². The van der Waals surface area contributed by atoms with E-state index in [2.05, 4.69) is 5.32 Å². The number of ether oxygens (including phenoxy) is 1. The first kappa shape index (κ1) is 26.2. The van der Waals surface area contributed by atoms with Crippen molar-refractivity contribution in [1.82, 2.24) is 10.2 Å². The summed E-state index contributed by atoms with van der Waals surface area (Å²) in [6.07, 6.45) is 1.05. The maximum absolute atomic E-state index is 13.4. The Bertz CT molecular complexity index is 1050. The van der Waals surface area contributed by atoms with Crippen LogP contribution in [0.25, 0.3) is 0 Å². The van der Waals surface area contributed by atoms with Crippen molar-refractivity contribution in [3.63, 3.8) is 0 Å². The molecule has 8 nitrogen and oxygen atoms in total. The minimum Gasteiger partial charge on any atom is -0.494 e. The summed E-state index contributed by atoms with van der Waals surface area (Å²) in [5.41, 5.74) is 2.22. The maximum Gasteiger partial charge on any atom is 0.244 e. The highest BCUT2D eigenvalue weighted by Gasteiger charge is 2.29. The van der Waals surface area contributed by atoms with Gasteiger partial charge in [0.15, 0.2) is 0 Å². The van der Waals surface area contributed by atoms with E-state index >= 15 is 0 Å². The zero-order valence-electron chi connectivity index (χ0n) is 19.9. The van der Waals surface area contributed by atoms with Crippen LogP contribution in [0.2, 0.25) is 0 Å². The van der Waals surface area contributed by atoms with Crippen molar-refractivity contribution in [2.75, 3.05) is 30.3 Å². The zero-order chi connectivity index (χ0) is 24.6. The largest absolute Gasteiger partial charge is 0.494 e. The molecule has 1 N–H and O–H groups in total. The number of benzene rings is 2. The molecule has 2 amide bonds. The molecule has 0 saturated carbocycles. The van der Waals surface area contributed by atoms with E-state index in [9.17, 15) is 18.0 Å². The van der Waals surface area contributed by atoms with E-state index in [1.807, 2.05) is 38.1 Å². The quantitative estimate of drug-likeness (QED) is 0.539. The molecule has 0 radical (unpaired) electrons. The summed E-state index contributed by atoms with van der Waals surface area (Å²) >= 11 is 0. The predicted octanol–water partition coefficient (Wildman–Crippen LogP) is 2.71. The molecule has 0 spiro atoms. The van der Waals surface area contributed by atoms with Crippen LogP contribution in [0.1, 0.15) is 31.9 Å². The molecular weight excluding hydrogens is 442 g/mol. The molecule has 0 saturated heterocycles. The molecule has 1 unspecified atom stereocenters. The number of sulfonamides is 1. The van der Waals surface area contributed by atoms with Gasteiger partial charge in [-0.15, -0.1) is 0 Å². The smallest absolute Gasteiger partial charge is 0.244 e. The third-order valence-electron chi connectivity index (χ3n) is 5.07. The molecule has 2 aromatic carbocycles. The highest BCUT2D eigenvalue weighted by Crippen LogP contribution is 2.22. The van der Waals surface area contributed by atoms with Crippen LogP contribution in [-0.2, 0) is 26.2 Å². The van der Waals surface area contributed by atoms with Crippen LogP contribution in [0.15, 0.2) is 48.5 Å². The van der Waals surface area contributed by atoms with Crippen molar-refractivity contribution >= 4 is 27.5 Å². The molecule has 180 valence electrons. The van der Waals surface area contributed by atoms with Gasteiger partial charge in [-0.1, -0.05) is 29.8 Å². The molecule has 0 aliphatic carbocycles. The van der Waals surface area contributed by atoms with Crippen LogP contribution in [0.3, 0.4) is 0 Å². The molecule has 0 bridgehead atoms. The minimum atomic E-state index is -3.76. The maximum atomic E-state index is 13.4. The molecule has 0 fully saturated rings. The number of carbonyl (C=O) groups is 2. The molecule has 0 aromatic heterocycles. The van der Waals surface area contributed by atoms with E-state index < -0.39 is 28.5 Å². The van der Waals surface area contributed by atoms with Gasteiger partial charge in [-0.25, -0.2) is 8.42 Å². The summed E-state index contributed by atoms with van der Waals surface area (Å²) in [4.78, 5) is 27.4. The third kappa shape index (κ3) is 7.49. The lowest BCUT2D eigenvalue weighted by Crippen LogP contribution is -2.51. The summed E-state index contributed by atoms with van der Waals surface area (Å²) in [5.74, 6) is -0.174. The number of carbonyl (C=O) groups excluding carboxylic acids is 2. The molecule has 0 heterocycles. The summed E-state index contributed by atoms with van der Waals surface area (Å²) < 4.78 is 31.6. The second-order valence-electron chi connectivity index (χ2n) is 7.78. The van der Waals surface area contributed by atoms with Crippen molar-refractivity contribution < 1.29 is 22.7 Å². The van der Waals surface area contributed by atoms with Gasteiger partial charge in [0.25, 0.3) is 0 Å². The molecule has 9 heteroatoms. The Hall–Kier alpha value is -3.07. The van der Waals surface area contributed by atoms with Crippen LogP contribution in [0.4, 0.5) is 5.69 Å². The Morgan fingerprint density at radius 1 is 1.09 bits per heavy atom. The molecule has 2 rings (SSSR count). The third-order valence-corrected chi connectivity index (χ3v) is 6.21. The van der Waals surface area contributed by atoms with Crippen molar-refractivity contribution in [3.05, 3.63) is 59.7 Å². The fourth-order valence-electron chi connectivity index (χ4n) is 3.40. The first-order valence-electron chi connectivity index (χ1n) is 10.9. The average Bonchev–Trinajstić information content (AvgIpc) is 2.75. The number of amides is 2. The Morgan fingerprint density at radius 3 is 2.30 bits per heavy atom. The Kier molecular flexibility index (Phi) is 9.28. The molecule has 2 aromatic rings. The molecule has 0 aliphatic rings. The highest BCUT2D eigenvalue weighted by atomic mass is 32.2. The van der Waals surface area contributed by atoms with E-state index in [4.69, 9.17) is 4.74 Å². The van der Waals surface area contributed by atoms with Crippen molar-refractivity contribution in [2.45, 2.75) is 40.3 Å². The van der Waals surface area contributed by atoms with Gasteiger partial charge in [-0.05, 0) is 57.5 Å². The Balaban J connectivity index is 2.35. The normalized spacial score (nSPS) is 12.0. The number of rotatable bonds is 11. The summed E-state index contributed by atoms with van der Waals surface area (Å²) in [5, 5.41) is 2.73. The van der Waals surface area contributed by atoms with Gasteiger partial charge in [-0.2, -0.15) is 0 Å². The lowest BCUT2D eigenvalue weighted by Gasteiger charge is -2.31. The van der Waals surface area contributed by atoms with Crippen LogP contribution in [-0.4, -0.2) is 57.1 Å². The fraction of sp³-hybridized carbons (Fsp3) is 0.417. The lowest BCUT2D eigenvalue weighted by molar-refractivity contribution is -0.139. The zero-order valence-corrected chi connectivity index (χ0v) is 20.7. The summed E-state index contributed by atoms with van der Waals surface area (Å²) in [7, 11) is -3.76. The molecule has 0 aliphatic heterocycles. The van der Waals surface area contributed by atoms with Gasteiger partial charge >= 0.3 is 0 Å². The van der Waals surface area contributed by atoms with Gasteiger partial charge < -0.3 is 15.0 Å². The molecule has 1 atom stereocenters. The van der Waals surface area contributed by atoms with E-state index in [0.717, 1.165) is 21.7 Å². The molecular formula is C24H33N3O5S. The standard InChI is InChI=1S/C24H33N3O5S/c1-6-25-24(29)19(4)26(16-20-10-8-9-18(3)15-20)23(28)17-27(33(5,30)31)21-11-13-22(14-12-21)32-7-2/h8-15,19H,6-7,16-17H2,1-5H3,(H,25,29). The Morgan fingerprint density at radius 2 is 1.76 bits per heavy atom. The van der Waals surface area contributed by atoms with Gasteiger partial charge in [0.05, 0.1) is 18.6 Å². The average molecular weight is 476 g/mol. The minimum absolute atomic E-state index is 0.180. The van der Waals surface area contributed by atoms with E-state index in [1.54, 1.807) is 38.1 Å². The number of nitrogens with zero attached hydrogens (tertiary/aromatic N) is 2. The van der Waals surface area contributed by atoms with Crippen molar-refractivity contribution in [2.24, 2.45) is 0 Å². The van der Waals surface area contributed by atoms with E-state index in [0.29, 0.717) is 24.6 Å². The van der Waals surface area contributed by atoms with Crippen molar-refractivity contribution in [1.29, 1.82) is 0 Å². The Labute approximate surface area is 196 Å². The number of likely N-dealkylation sites (N-methyl/N-ethyl adjacent to an activating group) is 1. The number of hydrogen-bond acceptors (Lipinski definition) is 5. The predicted molar refractivity (Wildman–Crippen MR) is 130 cm³/mol. The summed E-state index contributed by atoms with van der Waals surface area (Å²) in [6, 6.07) is 13.4. The van der Waals surface area contributed by atoms with E-state index in [1.165, 1.54) is 4.90 Å². The van der Waals surface area contributed by atoms with Gasteiger partial charge in [0, 0.05) is 13.1 Å². The van der Waals surface area contributed by atoms with Crippen LogP contribution < -0.4 is 14.4 Å². The monoisotopic (exact) mass is 475 g/mol. The van der Waals surface area contributed by atoms with Gasteiger partial charge in [0.2, 0.25) is 21.8 Å². The second kappa shape index (κ2) is 11.7. The van der Waals surface area contributed by atoms with Crippen LogP contribution in [0.5, 0.6) is 5.75 Å². The van der Waals surface area contributed by atoms with E-state index in [-0.39, 0.29) is 12.5 Å². The van der Waals surface area contributed by atoms with Crippen LogP contribution in [0, 0.1) is 6.92 Å². The summed E-state index contributed by atoms with van der Waals surface area (Å²) in [6.45, 7) is 7.90. The number of nitrogens with one attached hydrogen (secondary N) is 1. The number of anilines is 1. The first-order chi connectivity index (χ1) is 15.6. The number of hydrogen-bond donors (Lipinski definition) is 1. The fourth-order valence-corrected chi connectivity index (χ4v) is 4.25. The molecule has 33 heavy (non-hydrogen) atoms. The topological polar surface area (TPSA) is 96.0 Å². The lowest BCUT2D eigenvalue weighted by atomic mass is 10.1. The van der Waals surface area contributed by atoms with Crippen molar-refractivity contribution in [3.8, 4) is 5.75 Å².